The fourth-order valence-corrected chi connectivity index (χ4v) is 4.02. The summed E-state index contributed by atoms with van der Waals surface area (Å²) in [4.78, 5) is 26.2. The number of para-hydroxylation sites is 1. The molecule has 1 saturated heterocycles. The van der Waals surface area contributed by atoms with E-state index in [2.05, 4.69) is 24.1 Å². The number of fused-ring (bicyclic) bond motifs is 1. The number of nitrogens with zero attached hydrogens (tertiary/aromatic N) is 6. The van der Waals surface area contributed by atoms with Gasteiger partial charge in [0.15, 0.2) is 5.65 Å². The van der Waals surface area contributed by atoms with Gasteiger partial charge in [0.25, 0.3) is 0 Å². The number of aryl methyl sites for hydroxylation is 1. The number of rotatable bonds is 5. The lowest BCUT2D eigenvalue weighted by atomic mass is 10.1. The molecule has 1 fully saturated rings. The molecule has 31 heavy (non-hydrogen) atoms. The number of carbonyl (C=O) groups excluding carboxylic acids is 1. The van der Waals surface area contributed by atoms with Crippen LogP contribution < -0.4 is 10.2 Å². The summed E-state index contributed by atoms with van der Waals surface area (Å²) in [5.74, 6) is 2.21. The van der Waals surface area contributed by atoms with Crippen molar-refractivity contribution in [2.24, 2.45) is 5.92 Å². The molecular weight excluding hydrogens is 390 g/mol. The van der Waals surface area contributed by atoms with Gasteiger partial charge in [0, 0.05) is 39.1 Å². The maximum atomic E-state index is 12.2. The van der Waals surface area contributed by atoms with Crippen molar-refractivity contribution in [3.05, 3.63) is 41.9 Å². The second-order valence-electron chi connectivity index (χ2n) is 8.40. The molecule has 0 atom stereocenters. The smallest absolute Gasteiger partial charge is 0.317 e. The van der Waals surface area contributed by atoms with E-state index in [1.807, 2.05) is 53.8 Å². The molecule has 2 amide bonds. The predicted octanol–water partition coefficient (Wildman–Crippen LogP) is 3.17. The molecule has 3 heterocycles. The van der Waals surface area contributed by atoms with E-state index in [4.69, 9.17) is 15.1 Å². The Labute approximate surface area is 183 Å². The van der Waals surface area contributed by atoms with Crippen molar-refractivity contribution in [2.45, 2.75) is 34.1 Å². The molecule has 0 unspecified atom stereocenters. The summed E-state index contributed by atoms with van der Waals surface area (Å²) in [6.07, 6.45) is 0.806. The van der Waals surface area contributed by atoms with Crippen molar-refractivity contribution in [1.82, 2.24) is 30.0 Å². The zero-order chi connectivity index (χ0) is 22.0. The van der Waals surface area contributed by atoms with Crippen LogP contribution in [0.1, 0.15) is 32.3 Å². The number of urea groups is 1. The number of carbonyl (C=O) groups is 1. The van der Waals surface area contributed by atoms with Crippen LogP contribution in [0.4, 0.5) is 10.6 Å². The van der Waals surface area contributed by atoms with Gasteiger partial charge in [-0.15, -0.1) is 0 Å². The fourth-order valence-electron chi connectivity index (χ4n) is 4.02. The number of aromatic nitrogens is 4. The van der Waals surface area contributed by atoms with Crippen LogP contribution in [0, 0.1) is 12.8 Å². The van der Waals surface area contributed by atoms with Crippen molar-refractivity contribution in [3.8, 4) is 5.69 Å². The van der Waals surface area contributed by atoms with Gasteiger partial charge >= 0.3 is 6.03 Å². The van der Waals surface area contributed by atoms with Gasteiger partial charge in [-0.3, -0.25) is 0 Å². The zero-order valence-electron chi connectivity index (χ0n) is 18.8. The largest absolute Gasteiger partial charge is 0.352 e. The van der Waals surface area contributed by atoms with Gasteiger partial charge in [-0.25, -0.2) is 19.4 Å². The minimum absolute atomic E-state index is 0.00330. The first-order valence-corrected chi connectivity index (χ1v) is 11.1. The number of nitrogens with one attached hydrogen (secondary N) is 1. The van der Waals surface area contributed by atoms with Gasteiger partial charge in [0.1, 0.15) is 11.6 Å². The Morgan fingerprint density at radius 3 is 2.45 bits per heavy atom. The summed E-state index contributed by atoms with van der Waals surface area (Å²) < 4.78 is 1.92. The molecule has 0 spiro atoms. The van der Waals surface area contributed by atoms with Crippen molar-refractivity contribution in [3.63, 3.8) is 0 Å². The minimum atomic E-state index is 0.00330. The maximum Gasteiger partial charge on any atom is 0.317 e. The van der Waals surface area contributed by atoms with Crippen LogP contribution in [-0.2, 0) is 6.42 Å². The Morgan fingerprint density at radius 2 is 1.81 bits per heavy atom. The van der Waals surface area contributed by atoms with Crippen molar-refractivity contribution in [2.75, 3.05) is 37.6 Å². The highest BCUT2D eigenvalue weighted by Gasteiger charge is 2.26. The van der Waals surface area contributed by atoms with Gasteiger partial charge in [-0.05, 0) is 31.9 Å². The Balaban J connectivity index is 1.74. The van der Waals surface area contributed by atoms with Gasteiger partial charge in [0.05, 0.1) is 16.8 Å². The third-order valence-electron chi connectivity index (χ3n) is 5.52. The number of piperazine rings is 1. The topological polar surface area (TPSA) is 79.2 Å². The average Bonchev–Trinajstić information content (AvgIpc) is 3.10. The molecule has 4 rings (SSSR count). The Bertz CT molecular complexity index is 1050. The highest BCUT2D eigenvalue weighted by atomic mass is 16.2. The van der Waals surface area contributed by atoms with Crippen LogP contribution in [0.3, 0.4) is 0 Å². The van der Waals surface area contributed by atoms with Crippen LogP contribution in [0.5, 0.6) is 0 Å². The SMILES string of the molecule is CCNC(=O)N1CCN(c2nc(CC(C)C)nc3c2c(C)nn3-c2ccccc2)CC1. The van der Waals surface area contributed by atoms with E-state index < -0.39 is 0 Å². The van der Waals surface area contributed by atoms with Crippen LogP contribution in [-0.4, -0.2) is 63.4 Å². The Morgan fingerprint density at radius 1 is 1.10 bits per heavy atom. The lowest BCUT2D eigenvalue weighted by Crippen LogP contribution is -2.52. The first-order chi connectivity index (χ1) is 15.0. The molecule has 1 aromatic carbocycles. The third kappa shape index (κ3) is 4.33. The summed E-state index contributed by atoms with van der Waals surface area (Å²) in [5, 5.41) is 8.70. The Kier molecular flexibility index (Phi) is 6.06. The third-order valence-corrected chi connectivity index (χ3v) is 5.52. The monoisotopic (exact) mass is 421 g/mol. The molecule has 164 valence electrons. The van der Waals surface area contributed by atoms with E-state index in [1.165, 1.54) is 0 Å². The summed E-state index contributed by atoms with van der Waals surface area (Å²) >= 11 is 0. The fraction of sp³-hybridized carbons (Fsp3) is 0.478. The summed E-state index contributed by atoms with van der Waals surface area (Å²) in [7, 11) is 0. The second-order valence-corrected chi connectivity index (χ2v) is 8.40. The van der Waals surface area contributed by atoms with E-state index in [9.17, 15) is 4.79 Å². The Hall–Kier alpha value is -3.16. The minimum Gasteiger partial charge on any atom is -0.352 e. The number of hydrogen-bond donors (Lipinski definition) is 1. The van der Waals surface area contributed by atoms with E-state index >= 15 is 0 Å². The molecule has 0 aliphatic carbocycles. The van der Waals surface area contributed by atoms with E-state index in [1.54, 1.807) is 0 Å². The van der Waals surface area contributed by atoms with Gasteiger partial charge in [-0.2, -0.15) is 5.10 Å². The van der Waals surface area contributed by atoms with Crippen molar-refractivity contribution < 1.29 is 4.79 Å². The zero-order valence-corrected chi connectivity index (χ0v) is 18.8. The maximum absolute atomic E-state index is 12.2. The molecule has 8 nitrogen and oxygen atoms in total. The van der Waals surface area contributed by atoms with Crippen molar-refractivity contribution in [1.29, 1.82) is 0 Å². The molecule has 1 aliphatic rings. The lowest BCUT2D eigenvalue weighted by Gasteiger charge is -2.35. The first kappa shape index (κ1) is 21.1. The first-order valence-electron chi connectivity index (χ1n) is 11.1. The standard InChI is InChI=1S/C23H31N7O/c1-5-24-23(31)29-13-11-28(12-14-29)21-20-17(4)27-30(18-9-7-6-8-10-18)22(20)26-19(25-21)15-16(2)3/h6-10,16H,5,11-15H2,1-4H3,(H,24,31). The number of anilines is 1. The van der Waals surface area contributed by atoms with Crippen LogP contribution in [0.25, 0.3) is 16.7 Å². The lowest BCUT2D eigenvalue weighted by molar-refractivity contribution is 0.195. The number of amides is 2. The van der Waals surface area contributed by atoms with Gasteiger partial charge in [0.2, 0.25) is 0 Å². The quantitative estimate of drug-likeness (QED) is 0.685. The molecular formula is C23H31N7O. The molecule has 0 saturated carbocycles. The molecule has 2 aromatic heterocycles. The molecule has 8 heteroatoms. The molecule has 3 aromatic rings. The summed E-state index contributed by atoms with van der Waals surface area (Å²) in [5.41, 5.74) is 2.74. The molecule has 1 aliphatic heterocycles. The highest BCUT2D eigenvalue weighted by molar-refractivity contribution is 5.91. The van der Waals surface area contributed by atoms with E-state index in [0.717, 1.165) is 53.6 Å². The predicted molar refractivity (Wildman–Crippen MR) is 123 cm³/mol. The molecule has 0 radical (unpaired) electrons. The summed E-state index contributed by atoms with van der Waals surface area (Å²) in [6, 6.07) is 10.1. The molecule has 0 bridgehead atoms. The van der Waals surface area contributed by atoms with Crippen LogP contribution in [0.2, 0.25) is 0 Å². The highest BCUT2D eigenvalue weighted by Crippen LogP contribution is 2.30. The van der Waals surface area contributed by atoms with E-state index in [-0.39, 0.29) is 6.03 Å². The summed E-state index contributed by atoms with van der Waals surface area (Å²) in [6.45, 7) is 11.8. The molecule has 1 N–H and O–H groups in total. The average molecular weight is 422 g/mol. The van der Waals surface area contributed by atoms with Crippen molar-refractivity contribution >= 4 is 22.9 Å². The van der Waals surface area contributed by atoms with Gasteiger partial charge in [-0.1, -0.05) is 32.0 Å². The number of hydrogen-bond acceptors (Lipinski definition) is 5. The normalized spacial score (nSPS) is 14.5. The van der Waals surface area contributed by atoms with Gasteiger partial charge < -0.3 is 15.1 Å². The number of benzene rings is 1. The van der Waals surface area contributed by atoms with E-state index in [0.29, 0.717) is 25.6 Å². The van der Waals surface area contributed by atoms with Crippen LogP contribution >= 0.6 is 0 Å². The van der Waals surface area contributed by atoms with Crippen LogP contribution in [0.15, 0.2) is 30.3 Å². The second kappa shape index (κ2) is 8.91.